The SMILES string of the molecule is Cc1nc(C2CCCN2S(=O)(=O)N(C)C)nc2c1CCC(=O)N2Cc1cccc(F)c1. The number of rotatable bonds is 5. The minimum atomic E-state index is -3.62. The molecule has 0 aliphatic carbocycles. The molecule has 1 aromatic heterocycles. The van der Waals surface area contributed by atoms with Crippen molar-refractivity contribution in [2.45, 2.75) is 45.2 Å². The van der Waals surface area contributed by atoms with Crippen molar-refractivity contribution in [3.05, 3.63) is 52.7 Å². The van der Waals surface area contributed by atoms with Crippen LogP contribution >= 0.6 is 0 Å². The lowest BCUT2D eigenvalue weighted by Crippen LogP contribution is -2.40. The maximum absolute atomic E-state index is 13.7. The van der Waals surface area contributed by atoms with Crippen LogP contribution in [0.25, 0.3) is 0 Å². The summed E-state index contributed by atoms with van der Waals surface area (Å²) >= 11 is 0. The lowest BCUT2D eigenvalue weighted by atomic mass is 10.0. The summed E-state index contributed by atoms with van der Waals surface area (Å²) in [6, 6.07) is 5.66. The van der Waals surface area contributed by atoms with Crippen LogP contribution in [0.15, 0.2) is 24.3 Å². The summed E-state index contributed by atoms with van der Waals surface area (Å²) < 4.78 is 41.8. The lowest BCUT2D eigenvalue weighted by molar-refractivity contribution is -0.119. The number of fused-ring (bicyclic) bond motifs is 1. The van der Waals surface area contributed by atoms with Crippen LogP contribution in [0.3, 0.4) is 0 Å². The highest BCUT2D eigenvalue weighted by atomic mass is 32.2. The van der Waals surface area contributed by atoms with Crippen molar-refractivity contribution in [3.8, 4) is 0 Å². The molecule has 2 aliphatic rings. The minimum absolute atomic E-state index is 0.0926. The highest BCUT2D eigenvalue weighted by Gasteiger charge is 2.39. The maximum Gasteiger partial charge on any atom is 0.282 e. The molecule has 0 spiro atoms. The molecule has 0 bridgehead atoms. The lowest BCUT2D eigenvalue weighted by Gasteiger charge is -2.31. The van der Waals surface area contributed by atoms with Crippen LogP contribution in [-0.2, 0) is 28.0 Å². The van der Waals surface area contributed by atoms with Gasteiger partial charge in [-0.05, 0) is 43.9 Å². The molecule has 166 valence electrons. The summed E-state index contributed by atoms with van der Waals surface area (Å²) in [5.41, 5.74) is 2.28. The Morgan fingerprint density at radius 3 is 2.71 bits per heavy atom. The van der Waals surface area contributed by atoms with Crippen LogP contribution in [0.2, 0.25) is 0 Å². The highest BCUT2D eigenvalue weighted by Crippen LogP contribution is 2.36. The fourth-order valence-corrected chi connectivity index (χ4v) is 5.52. The number of anilines is 1. The monoisotopic (exact) mass is 447 g/mol. The number of hydrogen-bond donors (Lipinski definition) is 0. The second kappa shape index (κ2) is 8.25. The molecule has 1 aromatic carbocycles. The van der Waals surface area contributed by atoms with E-state index in [0.29, 0.717) is 49.4 Å². The van der Waals surface area contributed by atoms with Gasteiger partial charge in [0.1, 0.15) is 17.5 Å². The third-order valence-electron chi connectivity index (χ3n) is 5.84. The van der Waals surface area contributed by atoms with Crippen LogP contribution in [0.4, 0.5) is 10.2 Å². The van der Waals surface area contributed by atoms with Crippen LogP contribution in [0, 0.1) is 12.7 Å². The summed E-state index contributed by atoms with van der Waals surface area (Å²) in [5, 5.41) is 0. The van der Waals surface area contributed by atoms with E-state index in [2.05, 4.69) is 4.98 Å². The Morgan fingerprint density at radius 1 is 1.23 bits per heavy atom. The molecule has 31 heavy (non-hydrogen) atoms. The van der Waals surface area contributed by atoms with Gasteiger partial charge in [-0.2, -0.15) is 17.0 Å². The van der Waals surface area contributed by atoms with E-state index in [1.165, 1.54) is 34.8 Å². The zero-order valence-electron chi connectivity index (χ0n) is 17.9. The van der Waals surface area contributed by atoms with Gasteiger partial charge in [-0.15, -0.1) is 0 Å². The predicted octanol–water partition coefficient (Wildman–Crippen LogP) is 2.35. The van der Waals surface area contributed by atoms with E-state index in [4.69, 9.17) is 4.98 Å². The van der Waals surface area contributed by atoms with Gasteiger partial charge in [-0.3, -0.25) is 9.69 Å². The smallest absolute Gasteiger partial charge is 0.282 e. The summed E-state index contributed by atoms with van der Waals surface area (Å²) in [6.45, 7) is 2.46. The first kappa shape index (κ1) is 21.8. The van der Waals surface area contributed by atoms with Crippen molar-refractivity contribution in [1.82, 2.24) is 18.6 Å². The van der Waals surface area contributed by atoms with Crippen molar-refractivity contribution < 1.29 is 17.6 Å². The quantitative estimate of drug-likeness (QED) is 0.702. The number of halogens is 1. The molecule has 0 N–H and O–H groups in total. The van der Waals surface area contributed by atoms with Gasteiger partial charge < -0.3 is 0 Å². The number of nitrogens with zero attached hydrogens (tertiary/aromatic N) is 5. The van der Waals surface area contributed by atoms with E-state index in [1.807, 2.05) is 6.92 Å². The summed E-state index contributed by atoms with van der Waals surface area (Å²) in [5.74, 6) is 0.442. The van der Waals surface area contributed by atoms with Gasteiger partial charge in [-0.1, -0.05) is 12.1 Å². The van der Waals surface area contributed by atoms with Crippen molar-refractivity contribution in [3.63, 3.8) is 0 Å². The van der Waals surface area contributed by atoms with E-state index in [1.54, 1.807) is 17.0 Å². The molecule has 1 unspecified atom stereocenters. The highest BCUT2D eigenvalue weighted by molar-refractivity contribution is 7.86. The largest absolute Gasteiger partial charge is 0.292 e. The molecule has 2 aliphatic heterocycles. The first-order valence-electron chi connectivity index (χ1n) is 10.3. The van der Waals surface area contributed by atoms with E-state index >= 15 is 0 Å². The standard InChI is InChI=1S/C21H26FN5O3S/c1-14-17-9-10-19(28)26(13-15-6-4-7-16(22)12-15)21(17)24-20(23-14)18-8-5-11-27(18)31(29,30)25(2)3/h4,6-7,12,18H,5,8-11,13H2,1-3H3. The average molecular weight is 448 g/mol. The first-order valence-corrected chi connectivity index (χ1v) is 11.7. The van der Waals surface area contributed by atoms with E-state index in [0.717, 1.165) is 11.3 Å². The zero-order valence-corrected chi connectivity index (χ0v) is 18.7. The molecule has 0 radical (unpaired) electrons. The van der Waals surface area contributed by atoms with Crippen molar-refractivity contribution in [2.24, 2.45) is 0 Å². The molecule has 0 saturated carbocycles. The Bertz CT molecular complexity index is 1120. The fourth-order valence-electron chi connectivity index (χ4n) is 4.22. The number of carbonyl (C=O) groups is 1. The molecule has 8 nitrogen and oxygen atoms in total. The second-order valence-electron chi connectivity index (χ2n) is 8.14. The Labute approximate surface area is 181 Å². The van der Waals surface area contributed by atoms with Crippen molar-refractivity contribution >= 4 is 21.9 Å². The van der Waals surface area contributed by atoms with Crippen molar-refractivity contribution in [1.29, 1.82) is 0 Å². The molecule has 1 saturated heterocycles. The van der Waals surface area contributed by atoms with Crippen LogP contribution in [0.1, 0.15) is 47.9 Å². The van der Waals surface area contributed by atoms with Crippen LogP contribution in [-0.4, -0.2) is 53.5 Å². The molecule has 1 atom stereocenters. The summed E-state index contributed by atoms with van der Waals surface area (Å²) in [7, 11) is -0.615. The van der Waals surface area contributed by atoms with Gasteiger partial charge >= 0.3 is 0 Å². The van der Waals surface area contributed by atoms with Crippen molar-refractivity contribution in [2.75, 3.05) is 25.5 Å². The summed E-state index contributed by atoms with van der Waals surface area (Å²) in [6.07, 6.45) is 2.19. The normalized spacial score (nSPS) is 19.8. The Morgan fingerprint density at radius 2 is 2.00 bits per heavy atom. The van der Waals surface area contributed by atoms with E-state index in [9.17, 15) is 17.6 Å². The van der Waals surface area contributed by atoms with Gasteiger partial charge in [0.05, 0.1) is 12.6 Å². The van der Waals surface area contributed by atoms with Gasteiger partial charge in [-0.25, -0.2) is 14.4 Å². The Balaban J connectivity index is 1.74. The van der Waals surface area contributed by atoms with Gasteiger partial charge in [0.15, 0.2) is 0 Å². The van der Waals surface area contributed by atoms with Gasteiger partial charge in [0.25, 0.3) is 10.2 Å². The Kier molecular flexibility index (Phi) is 5.80. The maximum atomic E-state index is 13.7. The number of aryl methyl sites for hydroxylation is 1. The number of hydrogen-bond acceptors (Lipinski definition) is 5. The summed E-state index contributed by atoms with van der Waals surface area (Å²) in [4.78, 5) is 23.7. The predicted molar refractivity (Wildman–Crippen MR) is 114 cm³/mol. The van der Waals surface area contributed by atoms with Crippen LogP contribution < -0.4 is 4.90 Å². The van der Waals surface area contributed by atoms with Gasteiger partial charge in [0.2, 0.25) is 5.91 Å². The molecule has 1 fully saturated rings. The topological polar surface area (TPSA) is 86.7 Å². The van der Waals surface area contributed by atoms with E-state index in [-0.39, 0.29) is 18.3 Å². The molecular formula is C21H26FN5O3S. The molecular weight excluding hydrogens is 421 g/mol. The number of amides is 1. The minimum Gasteiger partial charge on any atom is -0.292 e. The fraction of sp³-hybridized carbons (Fsp3) is 0.476. The first-order chi connectivity index (χ1) is 14.7. The van der Waals surface area contributed by atoms with Gasteiger partial charge in [0, 0.05) is 38.3 Å². The number of aromatic nitrogens is 2. The molecule has 1 amide bonds. The Hall–Kier alpha value is -2.43. The molecule has 4 rings (SSSR count). The third-order valence-corrected chi connectivity index (χ3v) is 7.80. The average Bonchev–Trinajstić information content (AvgIpc) is 3.21. The third kappa shape index (κ3) is 4.07. The molecule has 3 heterocycles. The number of benzene rings is 1. The van der Waals surface area contributed by atoms with E-state index < -0.39 is 16.3 Å². The molecule has 10 heteroatoms. The molecule has 2 aromatic rings. The van der Waals surface area contributed by atoms with Crippen LogP contribution in [0.5, 0.6) is 0 Å². The second-order valence-corrected chi connectivity index (χ2v) is 10.2. The number of carbonyl (C=O) groups excluding carboxylic acids is 1. The zero-order chi connectivity index (χ0) is 22.3.